The lowest BCUT2D eigenvalue weighted by molar-refractivity contribution is -0.133. The van der Waals surface area contributed by atoms with Crippen LogP contribution in [0.2, 0.25) is 0 Å². The lowest BCUT2D eigenvalue weighted by Crippen LogP contribution is -2.38. The number of ether oxygens (including phenoxy) is 1. The molecule has 0 saturated heterocycles. The molecule has 0 N–H and O–H groups in total. The van der Waals surface area contributed by atoms with Crippen molar-refractivity contribution < 1.29 is 9.53 Å². The van der Waals surface area contributed by atoms with Gasteiger partial charge in [-0.3, -0.25) is 9.78 Å². The number of aromatic nitrogens is 1. The number of hydrogen-bond donors (Lipinski definition) is 0. The summed E-state index contributed by atoms with van der Waals surface area (Å²) in [6.45, 7) is 4.75. The van der Waals surface area contributed by atoms with Gasteiger partial charge in [-0.05, 0) is 61.9 Å². The zero-order valence-electron chi connectivity index (χ0n) is 15.3. The van der Waals surface area contributed by atoms with Crippen molar-refractivity contribution in [1.29, 1.82) is 0 Å². The largest absolute Gasteiger partial charge is 0.496 e. The fourth-order valence-corrected chi connectivity index (χ4v) is 3.71. The van der Waals surface area contributed by atoms with E-state index in [0.29, 0.717) is 13.0 Å². The maximum Gasteiger partial charge on any atom is 0.227 e. The van der Waals surface area contributed by atoms with Crippen LogP contribution < -0.4 is 4.74 Å². The second kappa shape index (κ2) is 7.68. The van der Waals surface area contributed by atoms with E-state index < -0.39 is 0 Å². The molecule has 1 aliphatic carbocycles. The number of amides is 1. The number of nitrogens with zero attached hydrogens (tertiary/aromatic N) is 2. The van der Waals surface area contributed by atoms with Crippen LogP contribution in [0, 0.1) is 6.92 Å². The first kappa shape index (κ1) is 17.5. The fraction of sp³-hybridized carbons (Fsp3) is 0.429. The van der Waals surface area contributed by atoms with Gasteiger partial charge in [0, 0.05) is 12.7 Å². The highest BCUT2D eigenvalue weighted by atomic mass is 16.5. The van der Waals surface area contributed by atoms with Crippen LogP contribution in [0.15, 0.2) is 36.5 Å². The molecule has 0 saturated carbocycles. The summed E-state index contributed by atoms with van der Waals surface area (Å²) in [6.07, 6.45) is 5.37. The van der Waals surface area contributed by atoms with Gasteiger partial charge in [-0.15, -0.1) is 0 Å². The van der Waals surface area contributed by atoms with E-state index in [1.165, 1.54) is 5.56 Å². The third-order valence-electron chi connectivity index (χ3n) is 5.03. The molecule has 1 amide bonds. The molecule has 1 atom stereocenters. The van der Waals surface area contributed by atoms with Crippen LogP contribution in [-0.2, 0) is 17.6 Å². The summed E-state index contributed by atoms with van der Waals surface area (Å²) < 4.78 is 5.38. The first-order valence-corrected chi connectivity index (χ1v) is 9.00. The number of fused-ring (bicyclic) bond motifs is 1. The number of rotatable bonds is 5. The summed E-state index contributed by atoms with van der Waals surface area (Å²) in [7, 11) is 1.66. The van der Waals surface area contributed by atoms with Gasteiger partial charge in [-0.2, -0.15) is 0 Å². The third-order valence-corrected chi connectivity index (χ3v) is 5.03. The minimum absolute atomic E-state index is 0.0924. The Morgan fingerprint density at radius 1 is 1.36 bits per heavy atom. The maximum atomic E-state index is 13.0. The van der Waals surface area contributed by atoms with Crippen LogP contribution >= 0.6 is 0 Å². The monoisotopic (exact) mass is 338 g/mol. The minimum atomic E-state index is 0.0924. The highest BCUT2D eigenvalue weighted by Crippen LogP contribution is 2.33. The number of likely N-dealkylation sites (N-methyl/N-ethyl adjacent to an activating group) is 1. The van der Waals surface area contributed by atoms with Crippen LogP contribution in [0.3, 0.4) is 0 Å². The van der Waals surface area contributed by atoms with Crippen molar-refractivity contribution in [3.63, 3.8) is 0 Å². The molecule has 132 valence electrons. The molecule has 25 heavy (non-hydrogen) atoms. The maximum absolute atomic E-state index is 13.0. The molecule has 0 aliphatic heterocycles. The van der Waals surface area contributed by atoms with Crippen molar-refractivity contribution in [3.8, 4) is 5.75 Å². The van der Waals surface area contributed by atoms with Crippen molar-refractivity contribution in [2.45, 2.75) is 45.6 Å². The van der Waals surface area contributed by atoms with Gasteiger partial charge >= 0.3 is 0 Å². The Morgan fingerprint density at radius 3 is 2.96 bits per heavy atom. The average Bonchev–Trinajstić information content (AvgIpc) is 2.64. The number of aryl methyl sites for hydroxylation is 2. The van der Waals surface area contributed by atoms with E-state index in [-0.39, 0.29) is 11.9 Å². The highest BCUT2D eigenvalue weighted by molar-refractivity contribution is 5.79. The van der Waals surface area contributed by atoms with E-state index in [4.69, 9.17) is 4.74 Å². The predicted molar refractivity (Wildman–Crippen MR) is 98.7 cm³/mol. The van der Waals surface area contributed by atoms with Crippen LogP contribution in [-0.4, -0.2) is 29.4 Å². The Bertz CT molecular complexity index is 757. The summed E-state index contributed by atoms with van der Waals surface area (Å²) in [5.74, 6) is 0.981. The first-order chi connectivity index (χ1) is 12.1. The Morgan fingerprint density at radius 2 is 2.20 bits per heavy atom. The third kappa shape index (κ3) is 3.68. The number of methoxy groups -OCH3 is 1. The topological polar surface area (TPSA) is 42.4 Å². The molecule has 0 fully saturated rings. The van der Waals surface area contributed by atoms with Gasteiger partial charge in [-0.1, -0.05) is 18.2 Å². The summed E-state index contributed by atoms with van der Waals surface area (Å²) in [5.41, 5.74) is 4.42. The summed E-state index contributed by atoms with van der Waals surface area (Å²) >= 11 is 0. The van der Waals surface area contributed by atoms with Gasteiger partial charge in [0.25, 0.3) is 0 Å². The fourth-order valence-electron chi connectivity index (χ4n) is 3.71. The van der Waals surface area contributed by atoms with Gasteiger partial charge in [0.2, 0.25) is 5.91 Å². The van der Waals surface area contributed by atoms with Crippen molar-refractivity contribution in [3.05, 3.63) is 58.9 Å². The number of pyridine rings is 1. The Balaban J connectivity index is 1.81. The minimum Gasteiger partial charge on any atom is -0.496 e. The van der Waals surface area contributed by atoms with Gasteiger partial charge in [0.1, 0.15) is 5.75 Å². The van der Waals surface area contributed by atoms with Gasteiger partial charge in [-0.25, -0.2) is 0 Å². The first-order valence-electron chi connectivity index (χ1n) is 9.00. The quantitative estimate of drug-likeness (QED) is 0.831. The smallest absolute Gasteiger partial charge is 0.227 e. The van der Waals surface area contributed by atoms with E-state index >= 15 is 0 Å². The Labute approximate surface area is 149 Å². The number of carbonyl (C=O) groups is 1. The molecule has 1 aromatic heterocycles. The van der Waals surface area contributed by atoms with Gasteiger partial charge in [0.05, 0.1) is 25.3 Å². The second-order valence-electron chi connectivity index (χ2n) is 6.62. The molecule has 0 radical (unpaired) electrons. The normalized spacial score (nSPS) is 16.2. The molecule has 0 unspecified atom stereocenters. The van der Waals surface area contributed by atoms with Crippen molar-refractivity contribution >= 4 is 5.91 Å². The van der Waals surface area contributed by atoms with Crippen LogP contribution in [0.1, 0.15) is 48.2 Å². The van der Waals surface area contributed by atoms with Gasteiger partial charge < -0.3 is 9.64 Å². The van der Waals surface area contributed by atoms with Crippen LogP contribution in [0.25, 0.3) is 0 Å². The summed E-state index contributed by atoms with van der Waals surface area (Å²) in [5, 5.41) is 0. The lowest BCUT2D eigenvalue weighted by atomic mass is 9.90. The number of carbonyl (C=O) groups excluding carboxylic acids is 1. The Kier molecular flexibility index (Phi) is 5.37. The average molecular weight is 338 g/mol. The van der Waals surface area contributed by atoms with E-state index in [1.807, 2.05) is 49.2 Å². The van der Waals surface area contributed by atoms with Crippen molar-refractivity contribution in [2.24, 2.45) is 0 Å². The van der Waals surface area contributed by atoms with Crippen molar-refractivity contribution in [1.82, 2.24) is 9.88 Å². The van der Waals surface area contributed by atoms with E-state index in [1.54, 1.807) is 7.11 Å². The summed E-state index contributed by atoms with van der Waals surface area (Å²) in [6, 6.07) is 10.2. The zero-order valence-corrected chi connectivity index (χ0v) is 15.3. The van der Waals surface area contributed by atoms with E-state index in [0.717, 1.165) is 41.8 Å². The molecule has 3 rings (SSSR count). The van der Waals surface area contributed by atoms with Crippen LogP contribution in [0.5, 0.6) is 5.75 Å². The Hall–Kier alpha value is -2.36. The molecule has 4 heteroatoms. The summed E-state index contributed by atoms with van der Waals surface area (Å²) in [4.78, 5) is 19.6. The van der Waals surface area contributed by atoms with E-state index in [9.17, 15) is 4.79 Å². The molecule has 1 aromatic carbocycles. The molecule has 1 aliphatic rings. The zero-order chi connectivity index (χ0) is 17.8. The van der Waals surface area contributed by atoms with E-state index in [2.05, 4.69) is 11.1 Å². The SMILES string of the molecule is CCN(C(=O)Cc1ccc(C)c(OC)c1)[C@@H]1CCCc2cccnc21. The second-order valence-corrected chi connectivity index (χ2v) is 6.62. The molecule has 2 aromatic rings. The molecular formula is C21H26N2O2. The number of hydrogen-bond acceptors (Lipinski definition) is 3. The van der Waals surface area contributed by atoms with Crippen LogP contribution in [0.4, 0.5) is 0 Å². The number of benzene rings is 1. The lowest BCUT2D eigenvalue weighted by Gasteiger charge is -2.34. The molecular weight excluding hydrogens is 312 g/mol. The predicted octanol–water partition coefficient (Wildman–Crippen LogP) is 3.87. The highest BCUT2D eigenvalue weighted by Gasteiger charge is 2.29. The van der Waals surface area contributed by atoms with Gasteiger partial charge in [0.15, 0.2) is 0 Å². The molecule has 1 heterocycles. The molecule has 0 spiro atoms. The van der Waals surface area contributed by atoms with Crippen molar-refractivity contribution in [2.75, 3.05) is 13.7 Å². The standard InChI is InChI=1S/C21H26N2O2/c1-4-23(18-9-5-7-17-8-6-12-22-21(17)18)20(24)14-16-11-10-15(2)19(13-16)25-3/h6,8,10-13,18H,4-5,7,9,14H2,1-3H3/t18-/m1/s1. The molecule has 4 nitrogen and oxygen atoms in total. The molecule has 0 bridgehead atoms.